The molecule has 0 saturated heterocycles. The highest BCUT2D eigenvalue weighted by molar-refractivity contribution is 5.86. The number of nitriles is 1. The van der Waals surface area contributed by atoms with Crippen molar-refractivity contribution < 1.29 is 9.53 Å². The standard InChI is InChI=1S/C19H19NO2/c1-18(14-20,15-10-6-4-7-11-15)19(2,17(21)22-3)16-12-8-5-9-13-16/h4-13H,1-3H3/t18-,19+/m1/s1. The maximum Gasteiger partial charge on any atom is 0.317 e. The molecule has 3 heteroatoms. The summed E-state index contributed by atoms with van der Waals surface area (Å²) >= 11 is 0. The Morgan fingerprint density at radius 2 is 1.41 bits per heavy atom. The van der Waals surface area contributed by atoms with E-state index < -0.39 is 16.8 Å². The van der Waals surface area contributed by atoms with Gasteiger partial charge in [0.05, 0.1) is 18.6 Å². The van der Waals surface area contributed by atoms with Gasteiger partial charge < -0.3 is 4.74 Å². The third kappa shape index (κ3) is 2.27. The molecule has 0 spiro atoms. The van der Waals surface area contributed by atoms with Crippen LogP contribution in [0.1, 0.15) is 25.0 Å². The van der Waals surface area contributed by atoms with Gasteiger partial charge in [-0.2, -0.15) is 5.26 Å². The molecule has 0 aromatic heterocycles. The van der Waals surface area contributed by atoms with Crippen LogP contribution in [-0.2, 0) is 20.4 Å². The predicted molar refractivity (Wildman–Crippen MR) is 85.2 cm³/mol. The Hall–Kier alpha value is -2.60. The molecule has 2 aromatic rings. The van der Waals surface area contributed by atoms with Gasteiger partial charge in [0.2, 0.25) is 0 Å². The summed E-state index contributed by atoms with van der Waals surface area (Å²) in [6, 6.07) is 21.0. The molecule has 22 heavy (non-hydrogen) atoms. The molecule has 0 amide bonds. The summed E-state index contributed by atoms with van der Waals surface area (Å²) in [5, 5.41) is 9.92. The van der Waals surface area contributed by atoms with Crippen molar-refractivity contribution in [2.45, 2.75) is 24.7 Å². The van der Waals surface area contributed by atoms with Crippen LogP contribution in [0.4, 0.5) is 0 Å². The van der Waals surface area contributed by atoms with Crippen LogP contribution in [0.25, 0.3) is 0 Å². The quantitative estimate of drug-likeness (QED) is 0.809. The second-order valence-corrected chi connectivity index (χ2v) is 5.59. The van der Waals surface area contributed by atoms with Crippen LogP contribution in [0.2, 0.25) is 0 Å². The Kier molecular flexibility index (Phi) is 4.32. The first-order valence-electron chi connectivity index (χ1n) is 7.11. The first kappa shape index (κ1) is 15.8. The molecular weight excluding hydrogens is 274 g/mol. The van der Waals surface area contributed by atoms with Gasteiger partial charge in [-0.25, -0.2) is 0 Å². The summed E-state index contributed by atoms with van der Waals surface area (Å²) in [5.41, 5.74) is -0.619. The van der Waals surface area contributed by atoms with E-state index in [1.54, 1.807) is 13.8 Å². The molecule has 0 aliphatic carbocycles. The molecule has 0 aliphatic heterocycles. The summed E-state index contributed by atoms with van der Waals surface area (Å²) in [6.07, 6.45) is 0. The smallest absolute Gasteiger partial charge is 0.317 e. The molecule has 0 aliphatic rings. The largest absolute Gasteiger partial charge is 0.468 e. The zero-order valence-electron chi connectivity index (χ0n) is 13.0. The number of hydrogen-bond acceptors (Lipinski definition) is 3. The average Bonchev–Trinajstić information content (AvgIpc) is 2.60. The number of carbonyl (C=O) groups excluding carboxylic acids is 1. The minimum atomic E-state index is -1.11. The van der Waals surface area contributed by atoms with E-state index in [0.29, 0.717) is 0 Å². The molecule has 0 heterocycles. The van der Waals surface area contributed by atoms with Crippen molar-refractivity contribution >= 4 is 5.97 Å². The lowest BCUT2D eigenvalue weighted by molar-refractivity contribution is -0.149. The highest BCUT2D eigenvalue weighted by Gasteiger charge is 2.54. The normalized spacial score (nSPS) is 15.9. The molecule has 2 rings (SSSR count). The third-order valence-electron chi connectivity index (χ3n) is 4.52. The van der Waals surface area contributed by atoms with Crippen molar-refractivity contribution in [2.24, 2.45) is 0 Å². The van der Waals surface area contributed by atoms with Gasteiger partial charge in [0.15, 0.2) is 0 Å². The van der Waals surface area contributed by atoms with Crippen LogP contribution >= 0.6 is 0 Å². The molecule has 0 unspecified atom stereocenters. The number of nitrogens with zero attached hydrogens (tertiary/aromatic N) is 1. The fourth-order valence-corrected chi connectivity index (χ4v) is 2.82. The number of methoxy groups -OCH3 is 1. The Morgan fingerprint density at radius 1 is 0.955 bits per heavy atom. The second kappa shape index (κ2) is 6.03. The van der Waals surface area contributed by atoms with Crippen LogP contribution in [-0.4, -0.2) is 13.1 Å². The molecule has 112 valence electrons. The minimum absolute atomic E-state index is 0.424. The van der Waals surface area contributed by atoms with Gasteiger partial charge >= 0.3 is 5.97 Å². The van der Waals surface area contributed by atoms with E-state index in [4.69, 9.17) is 4.74 Å². The molecule has 0 saturated carbocycles. The maximum atomic E-state index is 12.6. The second-order valence-electron chi connectivity index (χ2n) is 5.59. The fourth-order valence-electron chi connectivity index (χ4n) is 2.82. The van der Waals surface area contributed by atoms with Crippen molar-refractivity contribution in [1.82, 2.24) is 0 Å². The Labute approximate surface area is 131 Å². The Morgan fingerprint density at radius 3 is 1.82 bits per heavy atom. The van der Waals surface area contributed by atoms with Crippen molar-refractivity contribution in [3.63, 3.8) is 0 Å². The lowest BCUT2D eigenvalue weighted by Crippen LogP contribution is -2.50. The molecular formula is C19H19NO2. The van der Waals surface area contributed by atoms with Crippen LogP contribution < -0.4 is 0 Å². The lowest BCUT2D eigenvalue weighted by atomic mass is 9.59. The van der Waals surface area contributed by atoms with Crippen molar-refractivity contribution in [2.75, 3.05) is 7.11 Å². The molecule has 3 nitrogen and oxygen atoms in total. The summed E-state index contributed by atoms with van der Waals surface area (Å²) < 4.78 is 5.05. The van der Waals surface area contributed by atoms with Crippen LogP contribution in [0.3, 0.4) is 0 Å². The van der Waals surface area contributed by atoms with Gasteiger partial charge in [-0.3, -0.25) is 4.79 Å². The minimum Gasteiger partial charge on any atom is -0.468 e. The van der Waals surface area contributed by atoms with Gasteiger partial charge in [-0.1, -0.05) is 60.7 Å². The Bertz CT molecular complexity index is 690. The van der Waals surface area contributed by atoms with Gasteiger partial charge in [-0.05, 0) is 25.0 Å². The fraction of sp³-hybridized carbons (Fsp3) is 0.263. The van der Waals surface area contributed by atoms with Gasteiger partial charge in [0.25, 0.3) is 0 Å². The number of esters is 1. The van der Waals surface area contributed by atoms with Crippen LogP contribution in [0, 0.1) is 11.3 Å². The van der Waals surface area contributed by atoms with Crippen molar-refractivity contribution in [3.8, 4) is 6.07 Å². The molecule has 2 atom stereocenters. The third-order valence-corrected chi connectivity index (χ3v) is 4.52. The summed E-state index contributed by atoms with van der Waals surface area (Å²) in [7, 11) is 1.35. The highest BCUT2D eigenvalue weighted by atomic mass is 16.5. The maximum absolute atomic E-state index is 12.6. The van der Waals surface area contributed by atoms with Crippen LogP contribution in [0.15, 0.2) is 60.7 Å². The highest BCUT2D eigenvalue weighted by Crippen LogP contribution is 2.44. The van der Waals surface area contributed by atoms with E-state index in [0.717, 1.165) is 11.1 Å². The first-order valence-corrected chi connectivity index (χ1v) is 7.11. The van der Waals surface area contributed by atoms with Crippen molar-refractivity contribution in [3.05, 3.63) is 71.8 Å². The summed E-state index contributed by atoms with van der Waals surface area (Å²) in [6.45, 7) is 3.55. The van der Waals surface area contributed by atoms with E-state index >= 15 is 0 Å². The number of hydrogen-bond donors (Lipinski definition) is 0. The number of rotatable bonds is 4. The SMILES string of the molecule is COC(=O)[C@](C)(c1ccccc1)[C@](C)(C#N)c1ccccc1. The summed E-state index contributed by atoms with van der Waals surface area (Å²) in [4.78, 5) is 12.6. The molecule has 0 fully saturated rings. The zero-order valence-corrected chi connectivity index (χ0v) is 13.0. The average molecular weight is 293 g/mol. The van der Waals surface area contributed by atoms with E-state index in [2.05, 4.69) is 6.07 Å². The monoisotopic (exact) mass is 293 g/mol. The zero-order chi connectivity index (χ0) is 16.2. The van der Waals surface area contributed by atoms with E-state index in [9.17, 15) is 10.1 Å². The first-order chi connectivity index (χ1) is 10.5. The molecule has 2 aromatic carbocycles. The lowest BCUT2D eigenvalue weighted by Gasteiger charge is -2.40. The predicted octanol–water partition coefficient (Wildman–Crippen LogP) is 3.60. The number of benzene rings is 2. The topological polar surface area (TPSA) is 50.1 Å². The van der Waals surface area contributed by atoms with Gasteiger partial charge in [-0.15, -0.1) is 0 Å². The molecule has 0 bridgehead atoms. The van der Waals surface area contributed by atoms with E-state index in [-0.39, 0.29) is 0 Å². The van der Waals surface area contributed by atoms with Gasteiger partial charge in [0.1, 0.15) is 5.41 Å². The number of carbonyl (C=O) groups is 1. The van der Waals surface area contributed by atoms with Crippen LogP contribution in [0.5, 0.6) is 0 Å². The summed E-state index contributed by atoms with van der Waals surface area (Å²) in [5.74, 6) is -0.424. The van der Waals surface area contributed by atoms with E-state index in [1.807, 2.05) is 60.7 Å². The van der Waals surface area contributed by atoms with Gasteiger partial charge in [0, 0.05) is 0 Å². The number of ether oxygens (including phenoxy) is 1. The van der Waals surface area contributed by atoms with Crippen molar-refractivity contribution in [1.29, 1.82) is 5.26 Å². The Balaban J connectivity index is 2.73. The molecule has 0 N–H and O–H groups in total. The van der Waals surface area contributed by atoms with E-state index in [1.165, 1.54) is 7.11 Å². The molecule has 0 radical (unpaired) electrons.